The van der Waals surface area contributed by atoms with Crippen LogP contribution in [0.3, 0.4) is 0 Å². The maximum absolute atomic E-state index is 15.4. The van der Waals surface area contributed by atoms with Gasteiger partial charge in [0, 0.05) is 46.7 Å². The fourth-order valence-electron chi connectivity index (χ4n) is 8.32. The Morgan fingerprint density at radius 2 is 0.968 bits per heavy atom. The van der Waals surface area contributed by atoms with Crippen molar-refractivity contribution in [3.05, 3.63) is 168 Å². The van der Waals surface area contributed by atoms with Gasteiger partial charge in [-0.1, -0.05) is 61.7 Å². The molecule has 0 fully saturated rings. The molecule has 0 saturated heterocycles. The summed E-state index contributed by atoms with van der Waals surface area (Å²) in [5, 5.41) is 0. The highest BCUT2D eigenvalue weighted by atomic mass is 19.4. The molecule has 4 heterocycles. The van der Waals surface area contributed by atoms with E-state index < -0.39 is 28.9 Å². The van der Waals surface area contributed by atoms with E-state index in [1.807, 2.05) is 58.3 Å². The number of halogens is 6. The van der Waals surface area contributed by atoms with Gasteiger partial charge >= 0.3 is 12.4 Å². The van der Waals surface area contributed by atoms with Crippen molar-refractivity contribution in [2.45, 2.75) is 30.9 Å². The molecule has 6 aromatic carbocycles. The minimum Gasteiger partial charge on any atom is -0.473 e. The van der Waals surface area contributed by atoms with Crippen molar-refractivity contribution in [3.8, 4) is 34.4 Å². The van der Waals surface area contributed by atoms with Gasteiger partial charge in [-0.25, -0.2) is 9.97 Å². The van der Waals surface area contributed by atoms with Crippen molar-refractivity contribution in [1.29, 1.82) is 0 Å². The molecule has 8 aromatic rings. The third kappa shape index (κ3) is 6.82. The maximum atomic E-state index is 15.4. The van der Waals surface area contributed by atoms with Crippen LogP contribution in [0.1, 0.15) is 33.4 Å². The van der Waals surface area contributed by atoms with Crippen LogP contribution in [-0.4, -0.2) is 35.8 Å². The van der Waals surface area contributed by atoms with E-state index in [1.54, 1.807) is 48.6 Å². The average molecular weight is 857 g/mol. The van der Waals surface area contributed by atoms with Crippen molar-refractivity contribution in [3.63, 3.8) is 0 Å². The number of rotatable bonds is 8. The SMILES string of the molecule is C=Cc1cccc(N2COc3ccc(-c4nc5ccc(C(c6ccc7nc(-c8ccc9c(c8)CN(c8cccc(C=C)c8)CO9)oc7c6)(C(F)(F)F)C(F)(F)F)cc5o4)cc3C2)c1. The number of benzene rings is 6. The van der Waals surface area contributed by atoms with Crippen molar-refractivity contribution >= 4 is 45.7 Å². The molecular weight excluding hydrogens is 823 g/mol. The van der Waals surface area contributed by atoms with Crippen molar-refractivity contribution in [2.24, 2.45) is 0 Å². The van der Waals surface area contributed by atoms with Crippen LogP contribution in [0.25, 0.3) is 57.3 Å². The van der Waals surface area contributed by atoms with Crippen LogP contribution < -0.4 is 19.3 Å². The predicted octanol–water partition coefficient (Wildman–Crippen LogP) is 12.7. The summed E-state index contributed by atoms with van der Waals surface area (Å²) in [5.74, 6) is 1.28. The van der Waals surface area contributed by atoms with Gasteiger partial charge in [0.25, 0.3) is 0 Å². The fraction of sp³-hybridized carbons (Fsp3) is 0.143. The zero-order valence-electron chi connectivity index (χ0n) is 33.1. The predicted molar refractivity (Wildman–Crippen MR) is 228 cm³/mol. The van der Waals surface area contributed by atoms with E-state index in [2.05, 4.69) is 23.1 Å². The second kappa shape index (κ2) is 14.9. The number of nitrogens with zero attached hydrogens (tertiary/aromatic N) is 4. The number of alkyl halides is 6. The molecule has 0 N–H and O–H groups in total. The van der Waals surface area contributed by atoms with Gasteiger partial charge in [0.2, 0.25) is 17.2 Å². The third-order valence-corrected chi connectivity index (χ3v) is 11.5. The number of hydrogen-bond donors (Lipinski definition) is 0. The van der Waals surface area contributed by atoms with Crippen molar-refractivity contribution in [2.75, 3.05) is 23.3 Å². The number of anilines is 2. The summed E-state index contributed by atoms with van der Waals surface area (Å²) >= 11 is 0. The molecule has 14 heteroatoms. The Labute approximate surface area is 355 Å². The van der Waals surface area contributed by atoms with Gasteiger partial charge in [0.1, 0.15) is 22.5 Å². The number of hydrogen-bond acceptors (Lipinski definition) is 8. The molecule has 0 unspecified atom stereocenters. The molecule has 0 saturated carbocycles. The lowest BCUT2D eigenvalue weighted by atomic mass is 9.72. The van der Waals surface area contributed by atoms with Gasteiger partial charge in [-0.05, 0) is 107 Å². The summed E-state index contributed by atoms with van der Waals surface area (Å²) in [6.45, 7) is 9.15. The minimum atomic E-state index is -5.87. The quantitative estimate of drug-likeness (QED) is 0.140. The molecule has 2 aliphatic rings. The van der Waals surface area contributed by atoms with Crippen LogP contribution in [0.2, 0.25) is 0 Å². The number of fused-ring (bicyclic) bond motifs is 4. The largest absolute Gasteiger partial charge is 0.473 e. The Morgan fingerprint density at radius 3 is 1.38 bits per heavy atom. The average Bonchev–Trinajstić information content (AvgIpc) is 3.92. The first kappa shape index (κ1) is 39.6. The van der Waals surface area contributed by atoms with Crippen LogP contribution in [-0.2, 0) is 18.5 Å². The van der Waals surface area contributed by atoms with E-state index in [-0.39, 0.29) is 34.0 Å². The highest BCUT2D eigenvalue weighted by molar-refractivity contribution is 5.80. The summed E-state index contributed by atoms with van der Waals surface area (Å²) in [7, 11) is 0. The Bertz CT molecular complexity index is 2890. The van der Waals surface area contributed by atoms with E-state index in [4.69, 9.17) is 18.3 Å². The Kier molecular flexibility index (Phi) is 9.35. The Morgan fingerprint density at radius 1 is 0.524 bits per heavy atom. The van der Waals surface area contributed by atoms with E-state index in [1.165, 1.54) is 0 Å². The van der Waals surface area contributed by atoms with E-state index in [9.17, 15) is 0 Å². The van der Waals surface area contributed by atoms with Gasteiger partial charge in [0.15, 0.2) is 24.6 Å². The molecule has 2 aromatic heterocycles. The summed E-state index contributed by atoms with van der Waals surface area (Å²) in [5.41, 5.74) is -0.921. The van der Waals surface area contributed by atoms with Crippen LogP contribution in [0.15, 0.2) is 143 Å². The van der Waals surface area contributed by atoms with E-state index in [0.29, 0.717) is 49.2 Å². The molecule has 0 spiro atoms. The lowest BCUT2D eigenvalue weighted by molar-refractivity contribution is -0.288. The fourth-order valence-corrected chi connectivity index (χ4v) is 8.32. The first-order chi connectivity index (χ1) is 30.3. The molecule has 0 amide bonds. The van der Waals surface area contributed by atoms with Gasteiger partial charge in [-0.15, -0.1) is 0 Å². The molecule has 316 valence electrons. The smallest absolute Gasteiger partial charge is 0.411 e. The maximum Gasteiger partial charge on any atom is 0.411 e. The molecule has 63 heavy (non-hydrogen) atoms. The van der Waals surface area contributed by atoms with Gasteiger partial charge in [0.05, 0.1) is 0 Å². The minimum absolute atomic E-state index is 0.0132. The molecule has 8 nitrogen and oxygen atoms in total. The zero-order valence-corrected chi connectivity index (χ0v) is 33.1. The van der Waals surface area contributed by atoms with Gasteiger partial charge < -0.3 is 28.1 Å². The summed E-state index contributed by atoms with van der Waals surface area (Å²) in [6, 6.07) is 31.1. The Balaban J connectivity index is 0.981. The number of oxazole rings is 2. The molecule has 10 rings (SSSR count). The van der Waals surface area contributed by atoms with Gasteiger partial charge in [-0.2, -0.15) is 26.3 Å². The van der Waals surface area contributed by atoms with Crippen LogP contribution in [0, 0.1) is 0 Å². The first-order valence-corrected chi connectivity index (χ1v) is 19.7. The lowest BCUT2D eigenvalue weighted by Gasteiger charge is -2.38. The summed E-state index contributed by atoms with van der Waals surface area (Å²) < 4.78 is 116. The van der Waals surface area contributed by atoms with E-state index >= 15 is 26.3 Å². The molecule has 0 radical (unpaired) electrons. The highest BCUT2D eigenvalue weighted by Crippen LogP contribution is 2.57. The van der Waals surface area contributed by atoms with Crippen molar-refractivity contribution in [1.82, 2.24) is 9.97 Å². The zero-order chi connectivity index (χ0) is 43.7. The van der Waals surface area contributed by atoms with Crippen LogP contribution >= 0.6 is 0 Å². The second-order valence-electron chi connectivity index (χ2n) is 15.3. The number of ether oxygens (including phenoxy) is 2. The molecule has 2 aliphatic heterocycles. The first-order valence-electron chi connectivity index (χ1n) is 19.7. The van der Waals surface area contributed by atoms with Crippen LogP contribution in [0.5, 0.6) is 11.5 Å². The summed E-state index contributed by atoms with van der Waals surface area (Å²) in [4.78, 5) is 12.9. The summed E-state index contributed by atoms with van der Waals surface area (Å²) in [6.07, 6.45) is -8.26. The molecule has 0 atom stereocenters. The highest BCUT2D eigenvalue weighted by Gasteiger charge is 2.72. The topological polar surface area (TPSA) is 77.0 Å². The number of aromatic nitrogens is 2. The standard InChI is InChI=1S/C49H34F6N4O4/c1-3-29-7-5-9-37(19-29)58-25-33-21-31(11-17-41(33)60-27-58)45-56-39-15-13-35(23-43(39)62-45)47(48(50,51)52,49(53,54)55)36-14-16-40-44(24-36)63-46(57-40)32-12-18-42-34(22-32)26-59(28-61-42)38-10-6-8-30(4-2)20-38/h3-24H,1-2,25-28H2. The van der Waals surface area contributed by atoms with Gasteiger partial charge in [-0.3, -0.25) is 0 Å². The molecular formula is C49H34F6N4O4. The lowest BCUT2D eigenvalue weighted by Crippen LogP contribution is -2.54. The second-order valence-corrected chi connectivity index (χ2v) is 15.3. The van der Waals surface area contributed by atoms with Crippen LogP contribution in [0.4, 0.5) is 37.7 Å². The monoisotopic (exact) mass is 856 g/mol. The van der Waals surface area contributed by atoms with E-state index in [0.717, 1.165) is 70.0 Å². The normalized spacial score (nSPS) is 14.3. The Hall–Kier alpha value is -7.48. The molecule has 0 bridgehead atoms. The third-order valence-electron chi connectivity index (χ3n) is 11.5. The van der Waals surface area contributed by atoms with Crippen molar-refractivity contribution < 1.29 is 44.7 Å². The molecule has 0 aliphatic carbocycles.